The maximum absolute atomic E-state index is 13.0. The van der Waals surface area contributed by atoms with Crippen molar-refractivity contribution < 1.29 is 4.74 Å². The zero-order valence-electron chi connectivity index (χ0n) is 14.6. The first-order valence-corrected chi connectivity index (χ1v) is 8.51. The van der Waals surface area contributed by atoms with E-state index in [1.54, 1.807) is 18.6 Å². The SMILES string of the molecule is CCN(CC)CCOc1nc2cnccn2c(=O)c1-c1ccccc1. The Bertz CT molecular complexity index is 889. The lowest BCUT2D eigenvalue weighted by atomic mass is 10.1. The van der Waals surface area contributed by atoms with E-state index in [1.165, 1.54) is 4.40 Å². The van der Waals surface area contributed by atoms with Crippen LogP contribution in [0.1, 0.15) is 13.8 Å². The maximum Gasteiger partial charge on any atom is 0.269 e. The first-order valence-electron chi connectivity index (χ1n) is 8.51. The number of hydrogen-bond donors (Lipinski definition) is 0. The van der Waals surface area contributed by atoms with Gasteiger partial charge in [0.2, 0.25) is 5.88 Å². The fourth-order valence-corrected chi connectivity index (χ4v) is 2.75. The smallest absolute Gasteiger partial charge is 0.269 e. The maximum atomic E-state index is 13.0. The minimum absolute atomic E-state index is 0.156. The summed E-state index contributed by atoms with van der Waals surface area (Å²) in [6.45, 7) is 7.42. The molecule has 0 unspecified atom stereocenters. The molecule has 0 N–H and O–H groups in total. The highest BCUT2D eigenvalue weighted by atomic mass is 16.5. The van der Waals surface area contributed by atoms with Gasteiger partial charge in [-0.2, -0.15) is 4.98 Å². The Balaban J connectivity index is 2.02. The Labute approximate surface area is 146 Å². The number of benzene rings is 1. The van der Waals surface area contributed by atoms with Gasteiger partial charge in [-0.1, -0.05) is 44.2 Å². The normalized spacial score (nSPS) is 11.2. The number of rotatable bonds is 7. The van der Waals surface area contributed by atoms with Gasteiger partial charge >= 0.3 is 0 Å². The van der Waals surface area contributed by atoms with Gasteiger partial charge in [-0.3, -0.25) is 14.2 Å². The first kappa shape index (κ1) is 17.1. The minimum atomic E-state index is -0.156. The van der Waals surface area contributed by atoms with Gasteiger partial charge in [0.15, 0.2) is 5.65 Å². The number of aromatic nitrogens is 3. The van der Waals surface area contributed by atoms with Crippen molar-refractivity contribution in [3.8, 4) is 17.0 Å². The second-order valence-corrected chi connectivity index (χ2v) is 5.64. The number of ether oxygens (including phenoxy) is 1. The molecule has 6 nitrogen and oxygen atoms in total. The van der Waals surface area contributed by atoms with Crippen molar-refractivity contribution in [2.45, 2.75) is 13.8 Å². The Morgan fingerprint density at radius 3 is 2.64 bits per heavy atom. The molecular formula is C19H22N4O2. The van der Waals surface area contributed by atoms with Gasteiger partial charge in [-0.15, -0.1) is 0 Å². The van der Waals surface area contributed by atoms with Crippen LogP contribution in [0.2, 0.25) is 0 Å². The highest BCUT2D eigenvalue weighted by Crippen LogP contribution is 2.25. The highest BCUT2D eigenvalue weighted by molar-refractivity contribution is 5.69. The largest absolute Gasteiger partial charge is 0.476 e. The molecule has 6 heteroatoms. The summed E-state index contributed by atoms with van der Waals surface area (Å²) in [6.07, 6.45) is 4.76. The molecule has 0 aliphatic carbocycles. The molecule has 0 amide bonds. The third kappa shape index (κ3) is 3.69. The summed E-state index contributed by atoms with van der Waals surface area (Å²) in [6, 6.07) is 9.50. The summed E-state index contributed by atoms with van der Waals surface area (Å²) in [7, 11) is 0. The number of nitrogens with zero attached hydrogens (tertiary/aromatic N) is 4. The molecule has 0 fully saturated rings. The van der Waals surface area contributed by atoms with Crippen LogP contribution < -0.4 is 10.3 Å². The molecule has 1 aromatic carbocycles. The molecular weight excluding hydrogens is 316 g/mol. The van der Waals surface area contributed by atoms with E-state index in [4.69, 9.17) is 4.74 Å². The van der Waals surface area contributed by atoms with Crippen LogP contribution in [0.25, 0.3) is 16.8 Å². The molecule has 0 atom stereocenters. The van der Waals surface area contributed by atoms with Gasteiger partial charge in [0, 0.05) is 18.9 Å². The number of hydrogen-bond acceptors (Lipinski definition) is 5. The molecule has 3 rings (SSSR count). The standard InChI is InChI=1S/C19H22N4O2/c1-3-22(4-2)12-13-25-18-17(15-8-6-5-7-9-15)19(24)23-11-10-20-14-16(23)21-18/h5-11,14H,3-4,12-13H2,1-2H3. The monoisotopic (exact) mass is 338 g/mol. The van der Waals surface area contributed by atoms with Crippen LogP contribution in [-0.2, 0) is 0 Å². The van der Waals surface area contributed by atoms with Gasteiger partial charge < -0.3 is 9.64 Å². The van der Waals surface area contributed by atoms with Crippen LogP contribution in [-0.4, -0.2) is 45.5 Å². The molecule has 3 aromatic rings. The summed E-state index contributed by atoms with van der Waals surface area (Å²) in [5, 5.41) is 0. The van der Waals surface area contributed by atoms with Crippen molar-refractivity contribution in [1.82, 2.24) is 19.3 Å². The molecule has 0 saturated heterocycles. The van der Waals surface area contributed by atoms with Crippen LogP contribution in [0.4, 0.5) is 0 Å². The fourth-order valence-electron chi connectivity index (χ4n) is 2.75. The lowest BCUT2D eigenvalue weighted by Gasteiger charge is -2.18. The summed E-state index contributed by atoms with van der Waals surface area (Å²) in [5.41, 5.74) is 1.59. The van der Waals surface area contributed by atoms with Crippen LogP contribution in [0, 0.1) is 0 Å². The van der Waals surface area contributed by atoms with E-state index in [9.17, 15) is 4.79 Å². The van der Waals surface area contributed by atoms with E-state index in [0.717, 1.165) is 25.2 Å². The zero-order chi connectivity index (χ0) is 17.6. The molecule has 0 bridgehead atoms. The lowest BCUT2D eigenvalue weighted by Crippen LogP contribution is -2.28. The van der Waals surface area contributed by atoms with E-state index in [2.05, 4.69) is 28.7 Å². The quantitative estimate of drug-likeness (QED) is 0.662. The molecule has 0 aliphatic rings. The zero-order valence-corrected chi connectivity index (χ0v) is 14.6. The van der Waals surface area contributed by atoms with Gasteiger partial charge in [-0.25, -0.2) is 0 Å². The van der Waals surface area contributed by atoms with E-state index in [0.29, 0.717) is 23.7 Å². The van der Waals surface area contributed by atoms with Gasteiger partial charge in [-0.05, 0) is 18.7 Å². The predicted octanol–water partition coefficient (Wildman–Crippen LogP) is 2.48. The van der Waals surface area contributed by atoms with Gasteiger partial charge in [0.05, 0.1) is 6.20 Å². The molecule has 0 spiro atoms. The van der Waals surface area contributed by atoms with Crippen molar-refractivity contribution in [1.29, 1.82) is 0 Å². The Morgan fingerprint density at radius 2 is 1.92 bits per heavy atom. The molecule has 130 valence electrons. The van der Waals surface area contributed by atoms with E-state index < -0.39 is 0 Å². The van der Waals surface area contributed by atoms with Crippen molar-refractivity contribution in [3.05, 3.63) is 59.3 Å². The Kier molecular flexibility index (Phi) is 5.40. The van der Waals surface area contributed by atoms with Gasteiger partial charge in [0.25, 0.3) is 5.56 Å². The van der Waals surface area contributed by atoms with Crippen LogP contribution in [0.15, 0.2) is 53.7 Å². The molecule has 25 heavy (non-hydrogen) atoms. The average Bonchev–Trinajstić information content (AvgIpc) is 2.66. The topological polar surface area (TPSA) is 59.7 Å². The predicted molar refractivity (Wildman–Crippen MR) is 98.0 cm³/mol. The van der Waals surface area contributed by atoms with E-state index in [-0.39, 0.29) is 5.56 Å². The van der Waals surface area contributed by atoms with Crippen molar-refractivity contribution in [2.24, 2.45) is 0 Å². The highest BCUT2D eigenvalue weighted by Gasteiger charge is 2.16. The number of fused-ring (bicyclic) bond motifs is 1. The summed E-state index contributed by atoms with van der Waals surface area (Å²) in [5.74, 6) is 0.358. The fraction of sp³-hybridized carbons (Fsp3) is 0.316. The number of likely N-dealkylation sites (N-methyl/N-ethyl adjacent to an activating group) is 1. The molecule has 2 aromatic heterocycles. The van der Waals surface area contributed by atoms with E-state index in [1.807, 2.05) is 30.3 Å². The molecule has 0 saturated carbocycles. The first-order chi connectivity index (χ1) is 12.2. The second kappa shape index (κ2) is 7.90. The summed E-state index contributed by atoms with van der Waals surface area (Å²) < 4.78 is 7.41. The Hall–Kier alpha value is -2.73. The summed E-state index contributed by atoms with van der Waals surface area (Å²) >= 11 is 0. The third-order valence-electron chi connectivity index (χ3n) is 4.20. The second-order valence-electron chi connectivity index (χ2n) is 5.64. The van der Waals surface area contributed by atoms with Crippen LogP contribution >= 0.6 is 0 Å². The Morgan fingerprint density at radius 1 is 1.16 bits per heavy atom. The minimum Gasteiger partial charge on any atom is -0.476 e. The van der Waals surface area contributed by atoms with Crippen molar-refractivity contribution in [2.75, 3.05) is 26.2 Å². The molecule has 2 heterocycles. The molecule has 0 radical (unpaired) electrons. The van der Waals surface area contributed by atoms with Crippen molar-refractivity contribution in [3.63, 3.8) is 0 Å². The average molecular weight is 338 g/mol. The van der Waals surface area contributed by atoms with Crippen molar-refractivity contribution >= 4 is 5.65 Å². The van der Waals surface area contributed by atoms with Crippen LogP contribution in [0.5, 0.6) is 5.88 Å². The van der Waals surface area contributed by atoms with E-state index >= 15 is 0 Å². The third-order valence-corrected chi connectivity index (χ3v) is 4.20. The lowest BCUT2D eigenvalue weighted by molar-refractivity contribution is 0.218. The summed E-state index contributed by atoms with van der Waals surface area (Å²) in [4.78, 5) is 23.8. The van der Waals surface area contributed by atoms with Crippen LogP contribution in [0.3, 0.4) is 0 Å². The van der Waals surface area contributed by atoms with Gasteiger partial charge in [0.1, 0.15) is 12.2 Å². The molecule has 0 aliphatic heterocycles.